The molecular formula is C27H27N3. The van der Waals surface area contributed by atoms with Gasteiger partial charge < -0.3 is 0 Å². The molecule has 0 atom stereocenters. The first-order chi connectivity index (χ1) is 14.6. The van der Waals surface area contributed by atoms with E-state index in [1.165, 1.54) is 22.3 Å². The molecule has 30 heavy (non-hydrogen) atoms. The normalized spacial score (nSPS) is 11.0. The van der Waals surface area contributed by atoms with E-state index in [2.05, 4.69) is 90.6 Å². The number of benzene rings is 3. The van der Waals surface area contributed by atoms with Crippen LogP contribution in [-0.2, 0) is 6.42 Å². The Morgan fingerprint density at radius 2 is 1.37 bits per heavy atom. The molecule has 0 radical (unpaired) electrons. The van der Waals surface area contributed by atoms with Crippen molar-refractivity contribution in [1.82, 2.24) is 0 Å². The van der Waals surface area contributed by atoms with Gasteiger partial charge in [-0.2, -0.15) is 5.10 Å². The van der Waals surface area contributed by atoms with Crippen LogP contribution in [0, 0.1) is 0 Å². The van der Waals surface area contributed by atoms with Crippen LogP contribution in [0.15, 0.2) is 102 Å². The SMILES string of the molecule is C=CCN=C(C)N(N=C)c1ccc(Cc2ccc(-c3ccc(C=C)cc3)cc2)cc1. The summed E-state index contributed by atoms with van der Waals surface area (Å²) in [5.41, 5.74) is 7.01. The lowest BCUT2D eigenvalue weighted by molar-refractivity contribution is 1.09. The van der Waals surface area contributed by atoms with Gasteiger partial charge in [-0.1, -0.05) is 79.4 Å². The predicted molar refractivity (Wildman–Crippen MR) is 131 cm³/mol. The lowest BCUT2D eigenvalue weighted by Crippen LogP contribution is -2.22. The fourth-order valence-corrected chi connectivity index (χ4v) is 3.25. The van der Waals surface area contributed by atoms with Gasteiger partial charge in [-0.05, 0) is 53.3 Å². The monoisotopic (exact) mass is 393 g/mol. The van der Waals surface area contributed by atoms with Crippen LogP contribution < -0.4 is 5.01 Å². The first-order valence-corrected chi connectivity index (χ1v) is 9.94. The molecule has 0 unspecified atom stereocenters. The first-order valence-electron chi connectivity index (χ1n) is 9.94. The van der Waals surface area contributed by atoms with Gasteiger partial charge in [0.25, 0.3) is 0 Å². The summed E-state index contributed by atoms with van der Waals surface area (Å²) in [6.45, 7) is 13.6. The van der Waals surface area contributed by atoms with Gasteiger partial charge in [0.1, 0.15) is 5.84 Å². The molecule has 0 saturated carbocycles. The average Bonchev–Trinajstić information content (AvgIpc) is 2.80. The molecule has 3 heteroatoms. The number of amidine groups is 1. The summed E-state index contributed by atoms with van der Waals surface area (Å²) >= 11 is 0. The highest BCUT2D eigenvalue weighted by Crippen LogP contribution is 2.23. The number of hydrogen-bond acceptors (Lipinski definition) is 2. The van der Waals surface area contributed by atoms with Crippen LogP contribution in [0.1, 0.15) is 23.6 Å². The van der Waals surface area contributed by atoms with Crippen molar-refractivity contribution in [3.8, 4) is 11.1 Å². The van der Waals surface area contributed by atoms with E-state index >= 15 is 0 Å². The Bertz CT molecular complexity index is 1030. The number of aliphatic imine (C=N–C) groups is 1. The summed E-state index contributed by atoms with van der Waals surface area (Å²) in [5, 5.41) is 5.82. The zero-order valence-electron chi connectivity index (χ0n) is 17.5. The Hall–Kier alpha value is -3.72. The summed E-state index contributed by atoms with van der Waals surface area (Å²) < 4.78 is 0. The second-order valence-electron chi connectivity index (χ2n) is 7.00. The number of hydrogen-bond donors (Lipinski definition) is 0. The third-order valence-electron chi connectivity index (χ3n) is 4.92. The van der Waals surface area contributed by atoms with Crippen LogP contribution >= 0.6 is 0 Å². The van der Waals surface area contributed by atoms with Crippen molar-refractivity contribution in [2.75, 3.05) is 11.6 Å². The maximum absolute atomic E-state index is 4.41. The summed E-state index contributed by atoms with van der Waals surface area (Å²) in [7, 11) is 0. The van der Waals surface area contributed by atoms with Crippen molar-refractivity contribution in [3.63, 3.8) is 0 Å². The van der Waals surface area contributed by atoms with Crippen molar-refractivity contribution in [1.29, 1.82) is 0 Å². The number of rotatable bonds is 8. The highest BCUT2D eigenvalue weighted by molar-refractivity contribution is 5.95. The molecular weight excluding hydrogens is 366 g/mol. The summed E-state index contributed by atoms with van der Waals surface area (Å²) in [6.07, 6.45) is 4.49. The average molecular weight is 394 g/mol. The van der Waals surface area contributed by atoms with Crippen molar-refractivity contribution in [3.05, 3.63) is 109 Å². The lowest BCUT2D eigenvalue weighted by Gasteiger charge is -2.18. The van der Waals surface area contributed by atoms with Gasteiger partial charge in [0, 0.05) is 6.72 Å². The molecule has 0 heterocycles. The van der Waals surface area contributed by atoms with Crippen LogP contribution in [-0.4, -0.2) is 19.1 Å². The Kier molecular flexibility index (Phi) is 7.12. The maximum Gasteiger partial charge on any atom is 0.122 e. The van der Waals surface area contributed by atoms with E-state index in [0.717, 1.165) is 23.5 Å². The minimum Gasteiger partial charge on any atom is -0.267 e. The van der Waals surface area contributed by atoms with Crippen molar-refractivity contribution in [2.45, 2.75) is 13.3 Å². The third-order valence-corrected chi connectivity index (χ3v) is 4.92. The van der Waals surface area contributed by atoms with Crippen LogP contribution in [0.2, 0.25) is 0 Å². The lowest BCUT2D eigenvalue weighted by atomic mass is 9.99. The Balaban J connectivity index is 1.69. The van der Waals surface area contributed by atoms with Crippen molar-refractivity contribution < 1.29 is 0 Å². The quantitative estimate of drug-likeness (QED) is 0.183. The minimum absolute atomic E-state index is 0.560. The predicted octanol–water partition coefficient (Wildman–Crippen LogP) is 6.61. The second-order valence-corrected chi connectivity index (χ2v) is 7.00. The summed E-state index contributed by atoms with van der Waals surface area (Å²) in [4.78, 5) is 4.41. The van der Waals surface area contributed by atoms with Gasteiger partial charge in [0.15, 0.2) is 0 Å². The van der Waals surface area contributed by atoms with E-state index in [0.29, 0.717) is 6.54 Å². The molecule has 0 bridgehead atoms. The largest absolute Gasteiger partial charge is 0.267 e. The Morgan fingerprint density at radius 1 is 0.833 bits per heavy atom. The molecule has 3 rings (SSSR count). The molecule has 3 aromatic rings. The molecule has 0 amide bonds. The standard InChI is InChI=1S/C27H27N3/c1-5-19-29-21(3)30(28-4)27-17-11-24(12-18-27)20-23-9-15-26(16-10-23)25-13-7-22(6-2)8-14-25/h5-18H,1-2,4,19-20H2,3H3. The second kappa shape index (κ2) is 10.2. The molecule has 0 aliphatic heterocycles. The van der Waals surface area contributed by atoms with Crippen LogP contribution in [0.4, 0.5) is 5.69 Å². The van der Waals surface area contributed by atoms with Crippen LogP contribution in [0.5, 0.6) is 0 Å². The van der Waals surface area contributed by atoms with Gasteiger partial charge in [0.2, 0.25) is 0 Å². The molecule has 0 spiro atoms. The molecule has 150 valence electrons. The minimum atomic E-state index is 0.560. The fraction of sp³-hybridized carbons (Fsp3) is 0.111. The van der Waals surface area contributed by atoms with Crippen molar-refractivity contribution >= 4 is 24.3 Å². The fourth-order valence-electron chi connectivity index (χ4n) is 3.25. The smallest absolute Gasteiger partial charge is 0.122 e. The zero-order chi connectivity index (χ0) is 21.3. The van der Waals surface area contributed by atoms with E-state index in [1.807, 2.05) is 25.1 Å². The maximum atomic E-state index is 4.41. The van der Waals surface area contributed by atoms with Crippen molar-refractivity contribution in [2.24, 2.45) is 10.1 Å². The van der Waals surface area contributed by atoms with E-state index < -0.39 is 0 Å². The van der Waals surface area contributed by atoms with Gasteiger partial charge in [0.05, 0.1) is 12.2 Å². The highest BCUT2D eigenvalue weighted by Gasteiger charge is 2.08. The number of anilines is 1. The molecule has 0 aliphatic rings. The first kappa shape index (κ1) is 21.0. The molecule has 0 saturated heterocycles. The van der Waals surface area contributed by atoms with Gasteiger partial charge in [-0.25, -0.2) is 5.01 Å². The Morgan fingerprint density at radius 3 is 1.87 bits per heavy atom. The molecule has 0 aliphatic carbocycles. The van der Waals surface area contributed by atoms with Crippen LogP contribution in [0.25, 0.3) is 17.2 Å². The third kappa shape index (κ3) is 5.21. The molecule has 3 aromatic carbocycles. The zero-order valence-corrected chi connectivity index (χ0v) is 17.5. The molecule has 0 aromatic heterocycles. The topological polar surface area (TPSA) is 28.0 Å². The van der Waals surface area contributed by atoms with Gasteiger partial charge in [-0.3, -0.25) is 4.99 Å². The summed E-state index contributed by atoms with van der Waals surface area (Å²) in [5.74, 6) is 0.786. The van der Waals surface area contributed by atoms with E-state index in [1.54, 1.807) is 11.1 Å². The number of nitrogens with zero attached hydrogens (tertiary/aromatic N) is 3. The molecule has 0 fully saturated rings. The van der Waals surface area contributed by atoms with E-state index in [4.69, 9.17) is 0 Å². The highest BCUT2D eigenvalue weighted by atomic mass is 15.5. The molecule has 3 nitrogen and oxygen atoms in total. The number of hydrazone groups is 1. The van der Waals surface area contributed by atoms with E-state index in [9.17, 15) is 0 Å². The Labute approximate surface area is 179 Å². The molecule has 0 N–H and O–H groups in total. The van der Waals surface area contributed by atoms with E-state index in [-0.39, 0.29) is 0 Å². The summed E-state index contributed by atoms with van der Waals surface area (Å²) in [6, 6.07) is 25.5. The van der Waals surface area contributed by atoms with Crippen LogP contribution in [0.3, 0.4) is 0 Å². The van der Waals surface area contributed by atoms with Gasteiger partial charge in [-0.15, -0.1) is 6.58 Å². The van der Waals surface area contributed by atoms with Gasteiger partial charge >= 0.3 is 0 Å².